The normalized spacial score (nSPS) is 18.1. The first-order valence-corrected chi connectivity index (χ1v) is 7.24. The van der Waals surface area contributed by atoms with Crippen molar-refractivity contribution in [3.8, 4) is 0 Å². The summed E-state index contributed by atoms with van der Waals surface area (Å²) in [5.74, 6) is 0.815. The molecule has 0 spiro atoms. The maximum atomic E-state index is 11.9. The number of ketones is 1. The predicted molar refractivity (Wildman–Crippen MR) is 72.5 cm³/mol. The van der Waals surface area contributed by atoms with Gasteiger partial charge in [-0.2, -0.15) is 5.10 Å². The molecule has 0 saturated heterocycles. The van der Waals surface area contributed by atoms with Crippen molar-refractivity contribution in [2.45, 2.75) is 64.8 Å². The fourth-order valence-electron chi connectivity index (χ4n) is 2.65. The second-order valence-corrected chi connectivity index (χ2v) is 5.66. The minimum absolute atomic E-state index is 0.320. The largest absolute Gasteiger partial charge is 0.299 e. The van der Waals surface area contributed by atoms with E-state index in [4.69, 9.17) is 0 Å². The topological polar surface area (TPSA) is 34.9 Å². The summed E-state index contributed by atoms with van der Waals surface area (Å²) in [5, 5.41) is 4.56. The quantitative estimate of drug-likeness (QED) is 0.771. The van der Waals surface area contributed by atoms with E-state index in [0.29, 0.717) is 30.6 Å². The van der Waals surface area contributed by atoms with Gasteiger partial charge in [0, 0.05) is 12.6 Å². The Kier molecular flexibility index (Phi) is 4.56. The van der Waals surface area contributed by atoms with Crippen LogP contribution in [0, 0.1) is 5.92 Å². The van der Waals surface area contributed by atoms with Crippen LogP contribution in [-0.2, 0) is 11.2 Å². The Morgan fingerprint density at radius 1 is 1.50 bits per heavy atom. The highest BCUT2D eigenvalue weighted by molar-refractivity contribution is 5.80. The molecule has 0 N–H and O–H groups in total. The van der Waals surface area contributed by atoms with Crippen LogP contribution >= 0.6 is 0 Å². The number of rotatable bonds is 6. The zero-order valence-electron chi connectivity index (χ0n) is 11.6. The third-order valence-electron chi connectivity index (χ3n) is 4.01. The van der Waals surface area contributed by atoms with Crippen LogP contribution in [0.15, 0.2) is 12.3 Å². The van der Waals surface area contributed by atoms with Crippen molar-refractivity contribution in [3.63, 3.8) is 0 Å². The maximum absolute atomic E-state index is 11.9. The number of hydrogen-bond donors (Lipinski definition) is 0. The summed E-state index contributed by atoms with van der Waals surface area (Å²) in [6, 6.07) is 2.58. The molecule has 3 heteroatoms. The van der Waals surface area contributed by atoms with Crippen molar-refractivity contribution in [1.29, 1.82) is 0 Å². The molecule has 0 aliphatic heterocycles. The zero-order valence-corrected chi connectivity index (χ0v) is 11.6. The van der Waals surface area contributed by atoms with Crippen molar-refractivity contribution in [1.82, 2.24) is 9.78 Å². The van der Waals surface area contributed by atoms with Crippen molar-refractivity contribution >= 4 is 5.78 Å². The van der Waals surface area contributed by atoms with Crippen LogP contribution in [0.5, 0.6) is 0 Å². The van der Waals surface area contributed by atoms with E-state index in [1.54, 1.807) is 0 Å². The number of nitrogens with zero attached hydrogens (tertiary/aromatic N) is 2. The van der Waals surface area contributed by atoms with Crippen molar-refractivity contribution in [3.05, 3.63) is 18.0 Å². The minimum atomic E-state index is 0.320. The van der Waals surface area contributed by atoms with Gasteiger partial charge in [-0.25, -0.2) is 0 Å². The number of aromatic nitrogens is 2. The Bertz CT molecular complexity index is 391. The number of carbonyl (C=O) groups excluding carboxylic acids is 1. The zero-order chi connectivity index (χ0) is 13.0. The lowest BCUT2D eigenvalue weighted by molar-refractivity contribution is -0.119. The van der Waals surface area contributed by atoms with Crippen molar-refractivity contribution < 1.29 is 4.79 Å². The van der Waals surface area contributed by atoms with E-state index < -0.39 is 0 Å². The first-order valence-electron chi connectivity index (χ1n) is 7.24. The number of hydrogen-bond acceptors (Lipinski definition) is 2. The molecule has 1 aliphatic carbocycles. The van der Waals surface area contributed by atoms with Crippen LogP contribution in [0.4, 0.5) is 0 Å². The first-order chi connectivity index (χ1) is 8.69. The summed E-state index contributed by atoms with van der Waals surface area (Å²) in [6.45, 7) is 4.27. The Morgan fingerprint density at radius 3 is 2.89 bits per heavy atom. The predicted octanol–water partition coefficient (Wildman–Crippen LogP) is 3.55. The molecule has 1 atom stereocenters. The summed E-state index contributed by atoms with van der Waals surface area (Å²) in [7, 11) is 0. The van der Waals surface area contributed by atoms with Gasteiger partial charge in [0.15, 0.2) is 0 Å². The average Bonchev–Trinajstić information content (AvgIpc) is 2.98. The molecular weight excluding hydrogens is 224 g/mol. The summed E-state index contributed by atoms with van der Waals surface area (Å²) < 4.78 is 2.07. The summed E-state index contributed by atoms with van der Waals surface area (Å²) >= 11 is 0. The molecule has 100 valence electrons. The Morgan fingerprint density at radius 2 is 2.22 bits per heavy atom. The van der Waals surface area contributed by atoms with Gasteiger partial charge in [0.2, 0.25) is 0 Å². The van der Waals surface area contributed by atoms with Crippen LogP contribution in [0.3, 0.4) is 0 Å². The second-order valence-electron chi connectivity index (χ2n) is 5.66. The highest BCUT2D eigenvalue weighted by Crippen LogP contribution is 2.28. The Balaban J connectivity index is 1.88. The monoisotopic (exact) mass is 248 g/mol. The number of carbonyl (C=O) groups is 1. The summed E-state index contributed by atoms with van der Waals surface area (Å²) in [6.07, 6.45) is 9.41. The molecule has 18 heavy (non-hydrogen) atoms. The van der Waals surface area contributed by atoms with Crippen molar-refractivity contribution in [2.75, 3.05) is 0 Å². The lowest BCUT2D eigenvalue weighted by Gasteiger charge is -2.09. The van der Waals surface area contributed by atoms with Gasteiger partial charge in [-0.3, -0.25) is 9.48 Å². The molecule has 1 aromatic rings. The molecule has 1 saturated carbocycles. The molecule has 3 nitrogen and oxygen atoms in total. The fraction of sp³-hybridized carbons (Fsp3) is 0.733. The van der Waals surface area contributed by atoms with Crippen molar-refractivity contribution in [2.24, 2.45) is 5.92 Å². The van der Waals surface area contributed by atoms with E-state index in [1.807, 2.05) is 12.3 Å². The molecular formula is C15H24N2O. The van der Waals surface area contributed by atoms with Crippen LogP contribution in [-0.4, -0.2) is 15.6 Å². The summed E-state index contributed by atoms with van der Waals surface area (Å²) in [4.78, 5) is 11.9. The molecule has 0 bridgehead atoms. The van der Waals surface area contributed by atoms with Gasteiger partial charge < -0.3 is 0 Å². The third-order valence-corrected chi connectivity index (χ3v) is 4.01. The van der Waals surface area contributed by atoms with Crippen LogP contribution < -0.4 is 0 Å². The maximum Gasteiger partial charge on any atom is 0.139 e. The van der Waals surface area contributed by atoms with Gasteiger partial charge in [0.25, 0.3) is 0 Å². The standard InChI is InChI=1S/C15H24N2O/c1-3-12(2)10-15(18)11-13-8-9-17(16-13)14-6-4-5-7-14/h8-9,12,14H,3-7,10-11H2,1-2H3. The van der Waals surface area contributed by atoms with E-state index in [1.165, 1.54) is 25.7 Å². The summed E-state index contributed by atoms with van der Waals surface area (Å²) in [5.41, 5.74) is 0.940. The van der Waals surface area contributed by atoms with Gasteiger partial charge >= 0.3 is 0 Å². The van der Waals surface area contributed by atoms with Gasteiger partial charge in [0.1, 0.15) is 5.78 Å². The molecule has 0 amide bonds. The lowest BCUT2D eigenvalue weighted by atomic mass is 10.00. The first kappa shape index (κ1) is 13.3. The average molecular weight is 248 g/mol. The molecule has 2 rings (SSSR count). The highest BCUT2D eigenvalue weighted by Gasteiger charge is 2.18. The molecule has 1 fully saturated rings. The van der Waals surface area contributed by atoms with Gasteiger partial charge in [-0.15, -0.1) is 0 Å². The second kappa shape index (κ2) is 6.17. The van der Waals surface area contributed by atoms with Gasteiger partial charge in [-0.05, 0) is 24.8 Å². The Labute approximate surface area is 110 Å². The third kappa shape index (κ3) is 3.44. The van der Waals surface area contributed by atoms with E-state index >= 15 is 0 Å². The molecule has 1 unspecified atom stereocenters. The van der Waals surface area contributed by atoms with Gasteiger partial charge in [0.05, 0.1) is 18.2 Å². The molecule has 1 aromatic heterocycles. The van der Waals surface area contributed by atoms with E-state index in [2.05, 4.69) is 23.6 Å². The Hall–Kier alpha value is -1.12. The lowest BCUT2D eigenvalue weighted by Crippen LogP contribution is -2.10. The molecule has 1 aliphatic rings. The SMILES string of the molecule is CCC(C)CC(=O)Cc1ccn(C2CCCC2)n1. The van der Waals surface area contributed by atoms with Crippen LogP contribution in [0.2, 0.25) is 0 Å². The van der Waals surface area contributed by atoms with E-state index in [0.717, 1.165) is 12.1 Å². The van der Waals surface area contributed by atoms with Crippen LogP contribution in [0.25, 0.3) is 0 Å². The van der Waals surface area contributed by atoms with Crippen LogP contribution in [0.1, 0.15) is 64.1 Å². The van der Waals surface area contributed by atoms with Gasteiger partial charge in [-0.1, -0.05) is 33.1 Å². The fourth-order valence-corrected chi connectivity index (χ4v) is 2.65. The molecule has 0 aromatic carbocycles. The smallest absolute Gasteiger partial charge is 0.139 e. The van der Waals surface area contributed by atoms with E-state index in [-0.39, 0.29) is 0 Å². The molecule has 1 heterocycles. The minimum Gasteiger partial charge on any atom is -0.299 e. The highest BCUT2D eigenvalue weighted by atomic mass is 16.1. The molecule has 0 radical (unpaired) electrons. The number of Topliss-reactive ketones (excluding diaryl/α,β-unsaturated/α-hetero) is 1. The van der Waals surface area contributed by atoms with E-state index in [9.17, 15) is 4.79 Å².